The van der Waals surface area contributed by atoms with Crippen LogP contribution in [0.15, 0.2) is 64.8 Å². The quantitative estimate of drug-likeness (QED) is 0.249. The van der Waals surface area contributed by atoms with Crippen LogP contribution < -0.4 is 21.9 Å². The molecule has 0 aliphatic carbocycles. The van der Waals surface area contributed by atoms with E-state index < -0.39 is 0 Å². The molecule has 0 bridgehead atoms. The van der Waals surface area contributed by atoms with Crippen LogP contribution in [-0.2, 0) is 18.3 Å². The zero-order valence-corrected chi connectivity index (χ0v) is 25.4. The van der Waals surface area contributed by atoms with Gasteiger partial charge in [0.2, 0.25) is 5.95 Å². The highest BCUT2D eigenvalue weighted by molar-refractivity contribution is 6.07. The predicted molar refractivity (Wildman–Crippen MR) is 174 cm³/mol. The lowest BCUT2D eigenvalue weighted by molar-refractivity contribution is 0.0364. The molecule has 6 rings (SSSR count). The zero-order chi connectivity index (χ0) is 30.5. The van der Waals surface area contributed by atoms with Crippen molar-refractivity contribution in [3.05, 3.63) is 76.6 Å². The number of hydrogen-bond donors (Lipinski definition) is 3. The van der Waals surface area contributed by atoms with Crippen molar-refractivity contribution < 1.29 is 4.74 Å². The fourth-order valence-corrected chi connectivity index (χ4v) is 5.96. The smallest absolute Gasteiger partial charge is 0.263 e. The lowest BCUT2D eigenvalue weighted by Gasteiger charge is -2.27. The summed E-state index contributed by atoms with van der Waals surface area (Å²) in [7, 11) is 3.55. The summed E-state index contributed by atoms with van der Waals surface area (Å²) in [6, 6.07) is 10.3. The predicted octanol–water partition coefficient (Wildman–Crippen LogP) is 2.63. The molecule has 4 aromatic rings. The minimum atomic E-state index is -0.162. The number of rotatable bonds is 9. The molecular formula is C32H40N10O2. The van der Waals surface area contributed by atoms with Crippen LogP contribution in [0.25, 0.3) is 22.4 Å². The third-order valence-electron chi connectivity index (χ3n) is 8.38. The van der Waals surface area contributed by atoms with Gasteiger partial charge in [-0.15, -0.1) is 0 Å². The van der Waals surface area contributed by atoms with Crippen molar-refractivity contribution >= 4 is 28.4 Å². The van der Waals surface area contributed by atoms with Crippen LogP contribution in [0.1, 0.15) is 30.0 Å². The van der Waals surface area contributed by atoms with Gasteiger partial charge in [-0.25, -0.2) is 9.97 Å². The SMILES string of the molecule is CN=C(C=CN)c1cn(C)c(-c2cc3cnc(Nc4ccc(C5CCCNC5)cc4)nc3n(CCN3CCOCC3)c2=O)n1. The van der Waals surface area contributed by atoms with E-state index in [1.54, 1.807) is 23.9 Å². The van der Waals surface area contributed by atoms with Crippen LogP contribution in [0.5, 0.6) is 0 Å². The van der Waals surface area contributed by atoms with E-state index in [2.05, 4.69) is 49.8 Å². The van der Waals surface area contributed by atoms with Crippen LogP contribution >= 0.6 is 0 Å². The highest BCUT2D eigenvalue weighted by Crippen LogP contribution is 2.26. The summed E-state index contributed by atoms with van der Waals surface area (Å²) in [6.07, 6.45) is 9.13. The second-order valence-corrected chi connectivity index (χ2v) is 11.3. The summed E-state index contributed by atoms with van der Waals surface area (Å²) in [5, 5.41) is 7.58. The summed E-state index contributed by atoms with van der Waals surface area (Å²) in [4.78, 5) is 35.0. The van der Waals surface area contributed by atoms with Gasteiger partial charge in [-0.2, -0.15) is 4.98 Å². The summed E-state index contributed by atoms with van der Waals surface area (Å²) in [5.74, 6) is 1.51. The fourth-order valence-electron chi connectivity index (χ4n) is 5.96. The fraction of sp³-hybridized carbons (Fsp3) is 0.406. The minimum Gasteiger partial charge on any atom is -0.405 e. The molecule has 5 heterocycles. The largest absolute Gasteiger partial charge is 0.405 e. The molecule has 2 aliphatic heterocycles. The maximum absolute atomic E-state index is 14.2. The van der Waals surface area contributed by atoms with Crippen molar-refractivity contribution in [1.29, 1.82) is 0 Å². The maximum atomic E-state index is 14.2. The Hall–Kier alpha value is -4.39. The van der Waals surface area contributed by atoms with E-state index in [0.717, 1.165) is 37.3 Å². The Labute approximate surface area is 256 Å². The molecular weight excluding hydrogens is 556 g/mol. The van der Waals surface area contributed by atoms with E-state index >= 15 is 0 Å². The number of anilines is 2. The number of fused-ring (bicyclic) bond motifs is 1. The number of aryl methyl sites for hydroxylation is 1. The van der Waals surface area contributed by atoms with Gasteiger partial charge in [0.15, 0.2) is 0 Å². The van der Waals surface area contributed by atoms with Gasteiger partial charge in [0.05, 0.1) is 24.5 Å². The minimum absolute atomic E-state index is 0.162. The molecule has 3 aromatic heterocycles. The number of allylic oxidation sites excluding steroid dienone is 1. The molecule has 1 aromatic carbocycles. The van der Waals surface area contributed by atoms with E-state index in [4.69, 9.17) is 20.4 Å². The first-order valence-electron chi connectivity index (χ1n) is 15.2. The number of nitrogens with two attached hydrogens (primary N) is 1. The zero-order valence-electron chi connectivity index (χ0n) is 25.4. The van der Waals surface area contributed by atoms with Crippen molar-refractivity contribution in [3.8, 4) is 11.4 Å². The van der Waals surface area contributed by atoms with E-state index in [1.807, 2.05) is 23.9 Å². The number of piperidine rings is 1. The van der Waals surface area contributed by atoms with Gasteiger partial charge in [0.25, 0.3) is 5.56 Å². The molecule has 0 radical (unpaired) electrons. The standard InChI is InChI=1S/C32H40N10O2/c1-34-27(9-10-33)28-21-40(2)30(38-28)26-18-24-20-36-32(37-25-7-5-22(6-8-25)23-4-3-11-35-19-23)39-29(24)42(31(26)43)13-12-41-14-16-44-17-15-41/h5-10,18,20-21,23,35H,3-4,11-17,19,33H2,1-2H3,(H,36,37,39). The molecule has 12 nitrogen and oxygen atoms in total. The molecule has 2 saturated heterocycles. The molecule has 44 heavy (non-hydrogen) atoms. The maximum Gasteiger partial charge on any atom is 0.263 e. The molecule has 230 valence electrons. The lowest BCUT2D eigenvalue weighted by Crippen LogP contribution is -2.39. The van der Waals surface area contributed by atoms with Crippen LogP contribution in [0.2, 0.25) is 0 Å². The van der Waals surface area contributed by atoms with Gasteiger partial charge in [0, 0.05) is 70.3 Å². The van der Waals surface area contributed by atoms with Gasteiger partial charge in [0.1, 0.15) is 17.2 Å². The Morgan fingerprint density at radius 2 is 2.02 bits per heavy atom. The Kier molecular flexibility index (Phi) is 9.10. The topological polar surface area (TPSA) is 141 Å². The third kappa shape index (κ3) is 6.42. The Balaban J connectivity index is 1.35. The Bertz CT molecular complexity index is 1710. The first kappa shape index (κ1) is 29.7. The molecule has 12 heteroatoms. The van der Waals surface area contributed by atoms with Crippen molar-refractivity contribution in [1.82, 2.24) is 34.3 Å². The number of nitrogens with zero attached hydrogens (tertiary/aromatic N) is 7. The van der Waals surface area contributed by atoms with Gasteiger partial charge in [-0.3, -0.25) is 19.3 Å². The number of imidazole rings is 1. The number of aromatic nitrogens is 5. The molecule has 1 atom stereocenters. The number of morpholine rings is 1. The second kappa shape index (κ2) is 13.5. The number of ether oxygens (including phenoxy) is 1. The molecule has 4 N–H and O–H groups in total. The number of pyridine rings is 1. The van der Waals surface area contributed by atoms with Crippen LogP contribution in [0.3, 0.4) is 0 Å². The number of aliphatic imine (C=N–C) groups is 1. The van der Waals surface area contributed by atoms with Crippen molar-refractivity contribution in [3.63, 3.8) is 0 Å². The van der Waals surface area contributed by atoms with Crippen LogP contribution in [0.4, 0.5) is 11.6 Å². The monoisotopic (exact) mass is 596 g/mol. The van der Waals surface area contributed by atoms with Gasteiger partial charge >= 0.3 is 0 Å². The third-order valence-corrected chi connectivity index (χ3v) is 8.38. The first-order chi connectivity index (χ1) is 21.5. The summed E-state index contributed by atoms with van der Waals surface area (Å²) in [5.41, 5.74) is 9.99. The molecule has 0 spiro atoms. The van der Waals surface area contributed by atoms with Crippen molar-refractivity contribution in [2.24, 2.45) is 17.8 Å². The molecule has 0 saturated carbocycles. The van der Waals surface area contributed by atoms with Gasteiger partial charge in [-0.1, -0.05) is 12.1 Å². The molecule has 2 aliphatic rings. The lowest BCUT2D eigenvalue weighted by atomic mass is 9.92. The number of nitrogens with one attached hydrogen (secondary N) is 2. The molecule has 0 amide bonds. The van der Waals surface area contributed by atoms with E-state index in [9.17, 15) is 4.79 Å². The summed E-state index contributed by atoms with van der Waals surface area (Å²) in [6.45, 7) is 6.33. The Morgan fingerprint density at radius 3 is 2.75 bits per heavy atom. The average molecular weight is 597 g/mol. The van der Waals surface area contributed by atoms with E-state index in [0.29, 0.717) is 66.6 Å². The van der Waals surface area contributed by atoms with Crippen LogP contribution in [-0.4, -0.2) is 87.7 Å². The molecule has 2 fully saturated rings. The normalized spacial score (nSPS) is 18.3. The van der Waals surface area contributed by atoms with Gasteiger partial charge in [-0.05, 0) is 61.3 Å². The first-order valence-corrected chi connectivity index (χ1v) is 15.2. The molecule has 1 unspecified atom stereocenters. The highest BCUT2D eigenvalue weighted by atomic mass is 16.5. The second-order valence-electron chi connectivity index (χ2n) is 11.3. The van der Waals surface area contributed by atoms with Gasteiger partial charge < -0.3 is 25.7 Å². The summed E-state index contributed by atoms with van der Waals surface area (Å²) < 4.78 is 9.10. The van der Waals surface area contributed by atoms with Crippen molar-refractivity contribution in [2.45, 2.75) is 25.3 Å². The van der Waals surface area contributed by atoms with E-state index in [-0.39, 0.29) is 5.56 Å². The summed E-state index contributed by atoms with van der Waals surface area (Å²) >= 11 is 0. The van der Waals surface area contributed by atoms with Crippen molar-refractivity contribution in [2.75, 3.05) is 58.3 Å². The Morgan fingerprint density at radius 1 is 1.20 bits per heavy atom. The number of hydrogen-bond acceptors (Lipinski definition) is 10. The van der Waals surface area contributed by atoms with E-state index in [1.165, 1.54) is 24.6 Å². The van der Waals surface area contributed by atoms with Crippen LogP contribution in [0, 0.1) is 0 Å². The highest BCUT2D eigenvalue weighted by Gasteiger charge is 2.20. The number of benzene rings is 1. The average Bonchev–Trinajstić information content (AvgIpc) is 3.45.